The molecule has 0 aromatic heterocycles. The van der Waals surface area contributed by atoms with E-state index >= 15 is 0 Å². The highest BCUT2D eigenvalue weighted by Gasteiger charge is 2.34. The lowest BCUT2D eigenvalue weighted by molar-refractivity contribution is -0.138. The maximum absolute atomic E-state index is 12.7. The van der Waals surface area contributed by atoms with Crippen molar-refractivity contribution in [1.29, 1.82) is 0 Å². The van der Waals surface area contributed by atoms with Gasteiger partial charge in [0.05, 0.1) is 18.8 Å². The van der Waals surface area contributed by atoms with Crippen LogP contribution in [0.1, 0.15) is 31.9 Å². The second kappa shape index (κ2) is 6.59. The summed E-state index contributed by atoms with van der Waals surface area (Å²) in [4.78, 5) is 11.9. The number of hydrogen-bond acceptors (Lipinski definition) is 4. The number of carbonyl (C=O) groups is 1. The zero-order chi connectivity index (χ0) is 18.1. The van der Waals surface area contributed by atoms with Gasteiger partial charge in [-0.3, -0.25) is 0 Å². The molecule has 0 N–H and O–H groups in total. The average Bonchev–Trinajstić information content (AvgIpc) is 2.76. The molecule has 0 amide bonds. The molecule has 0 bridgehead atoms. The number of cyclic esters (lactones) is 1. The number of ether oxygens (including phenoxy) is 3. The van der Waals surface area contributed by atoms with Gasteiger partial charge in [0.1, 0.15) is 0 Å². The monoisotopic (exact) mass is 342 g/mol. The van der Waals surface area contributed by atoms with E-state index in [1.54, 1.807) is 20.8 Å². The number of hydrogen-bond donors (Lipinski definition) is 0. The highest BCUT2D eigenvalue weighted by molar-refractivity contribution is 5.94. The molecule has 0 unspecified atom stereocenters. The lowest BCUT2D eigenvalue weighted by Crippen LogP contribution is -2.08. The fraction of sp³-hybridized carbons (Fsp3) is 0.353. The van der Waals surface area contributed by atoms with Gasteiger partial charge in [-0.2, -0.15) is 13.2 Å². The van der Waals surface area contributed by atoms with Crippen LogP contribution in [0.5, 0.6) is 0 Å². The van der Waals surface area contributed by atoms with E-state index < -0.39 is 17.7 Å². The molecule has 1 heterocycles. The van der Waals surface area contributed by atoms with Crippen LogP contribution in [0.4, 0.5) is 13.2 Å². The van der Waals surface area contributed by atoms with Crippen LogP contribution in [-0.2, 0) is 25.2 Å². The molecule has 0 saturated carbocycles. The Morgan fingerprint density at radius 1 is 1.17 bits per heavy atom. The van der Waals surface area contributed by atoms with Gasteiger partial charge < -0.3 is 14.2 Å². The second-order valence-electron chi connectivity index (χ2n) is 5.45. The third kappa shape index (κ3) is 3.55. The quantitative estimate of drug-likeness (QED) is 0.605. The maximum atomic E-state index is 12.7. The lowest BCUT2D eigenvalue weighted by atomic mass is 10.1. The van der Waals surface area contributed by atoms with E-state index in [1.807, 2.05) is 0 Å². The molecular weight excluding hydrogens is 325 g/mol. The van der Waals surface area contributed by atoms with Crippen LogP contribution in [0.2, 0.25) is 0 Å². The van der Waals surface area contributed by atoms with Gasteiger partial charge in [0, 0.05) is 11.1 Å². The van der Waals surface area contributed by atoms with Crippen molar-refractivity contribution in [2.75, 3.05) is 7.11 Å². The van der Waals surface area contributed by atoms with Gasteiger partial charge in [0.2, 0.25) is 5.76 Å². The van der Waals surface area contributed by atoms with Crippen LogP contribution in [0.3, 0.4) is 0 Å². The molecule has 0 atom stereocenters. The van der Waals surface area contributed by atoms with Gasteiger partial charge in [-0.25, -0.2) is 4.79 Å². The Hall–Kier alpha value is -2.44. The van der Waals surface area contributed by atoms with Crippen LogP contribution in [0.25, 0.3) is 5.76 Å². The van der Waals surface area contributed by atoms with E-state index in [2.05, 4.69) is 0 Å². The molecule has 1 aliphatic heterocycles. The molecule has 0 spiro atoms. The maximum Gasteiger partial charge on any atom is 0.416 e. The Morgan fingerprint density at radius 3 is 2.21 bits per heavy atom. The van der Waals surface area contributed by atoms with Crippen molar-refractivity contribution >= 4 is 11.7 Å². The van der Waals surface area contributed by atoms with Gasteiger partial charge in [0.25, 0.3) is 0 Å². The molecule has 2 rings (SSSR count). The van der Waals surface area contributed by atoms with Crippen LogP contribution in [0, 0.1) is 0 Å². The van der Waals surface area contributed by atoms with Crippen molar-refractivity contribution in [3.05, 3.63) is 52.5 Å². The Labute approximate surface area is 137 Å². The molecule has 24 heavy (non-hydrogen) atoms. The summed E-state index contributed by atoms with van der Waals surface area (Å²) < 4.78 is 53.8. The zero-order valence-corrected chi connectivity index (χ0v) is 13.7. The molecule has 1 aliphatic rings. The number of allylic oxidation sites excluding steroid dienone is 1. The standard InChI is InChI=1S/C17H17F3O4/c1-9(2)23-14-10(3)13(24-16(14)21)15(22-4)11-5-7-12(8-6-11)17(18,19)20/h5-9H,1-4H3/b15-13-. The molecule has 0 radical (unpaired) electrons. The Kier molecular flexibility index (Phi) is 4.91. The highest BCUT2D eigenvalue weighted by atomic mass is 19.4. The fourth-order valence-electron chi connectivity index (χ4n) is 2.21. The summed E-state index contributed by atoms with van der Waals surface area (Å²) in [6.07, 6.45) is -4.65. The van der Waals surface area contributed by atoms with E-state index in [4.69, 9.17) is 14.2 Å². The van der Waals surface area contributed by atoms with Crippen molar-refractivity contribution in [3.63, 3.8) is 0 Å². The molecule has 4 nitrogen and oxygen atoms in total. The van der Waals surface area contributed by atoms with E-state index in [0.29, 0.717) is 11.1 Å². The number of rotatable bonds is 4. The molecule has 0 fully saturated rings. The van der Waals surface area contributed by atoms with Crippen molar-refractivity contribution < 1.29 is 32.2 Å². The molecule has 7 heteroatoms. The number of halogens is 3. The minimum Gasteiger partial charge on any atom is -0.492 e. The van der Waals surface area contributed by atoms with Crippen LogP contribution >= 0.6 is 0 Å². The van der Waals surface area contributed by atoms with E-state index in [9.17, 15) is 18.0 Å². The third-order valence-electron chi connectivity index (χ3n) is 3.30. The van der Waals surface area contributed by atoms with Crippen molar-refractivity contribution in [3.8, 4) is 0 Å². The Bertz CT molecular complexity index is 698. The Balaban J connectivity index is 2.45. The van der Waals surface area contributed by atoms with Crippen molar-refractivity contribution in [2.45, 2.75) is 33.1 Å². The van der Waals surface area contributed by atoms with Gasteiger partial charge in [0.15, 0.2) is 11.5 Å². The molecule has 0 aliphatic carbocycles. The number of methoxy groups -OCH3 is 1. The first-order valence-electron chi connectivity index (χ1n) is 7.21. The molecule has 130 valence electrons. The first-order valence-corrected chi connectivity index (χ1v) is 7.21. The summed E-state index contributed by atoms with van der Waals surface area (Å²) in [5.74, 6) is -0.283. The highest BCUT2D eigenvalue weighted by Crippen LogP contribution is 2.35. The van der Waals surface area contributed by atoms with Gasteiger partial charge in [-0.1, -0.05) is 12.1 Å². The van der Waals surface area contributed by atoms with Crippen LogP contribution in [-0.4, -0.2) is 19.2 Å². The van der Waals surface area contributed by atoms with Crippen LogP contribution < -0.4 is 0 Å². The first-order chi connectivity index (χ1) is 11.1. The minimum absolute atomic E-state index is 0.0708. The van der Waals surface area contributed by atoms with Gasteiger partial charge in [-0.05, 0) is 32.9 Å². The minimum atomic E-state index is -4.42. The van der Waals surface area contributed by atoms with Gasteiger partial charge in [-0.15, -0.1) is 0 Å². The van der Waals surface area contributed by atoms with Gasteiger partial charge >= 0.3 is 12.1 Å². The molecule has 0 saturated heterocycles. The lowest BCUT2D eigenvalue weighted by Gasteiger charge is -2.12. The number of esters is 1. The van der Waals surface area contributed by atoms with E-state index in [0.717, 1.165) is 12.1 Å². The summed E-state index contributed by atoms with van der Waals surface area (Å²) in [6, 6.07) is 4.40. The van der Waals surface area contributed by atoms with Crippen molar-refractivity contribution in [1.82, 2.24) is 0 Å². The number of carbonyl (C=O) groups excluding carboxylic acids is 1. The van der Waals surface area contributed by atoms with Crippen molar-refractivity contribution in [2.24, 2.45) is 0 Å². The summed E-state index contributed by atoms with van der Waals surface area (Å²) in [7, 11) is 1.35. The molecular formula is C17H17F3O4. The largest absolute Gasteiger partial charge is 0.492 e. The van der Waals surface area contributed by atoms with E-state index in [-0.39, 0.29) is 23.4 Å². The topological polar surface area (TPSA) is 44.8 Å². The predicted molar refractivity (Wildman–Crippen MR) is 80.4 cm³/mol. The normalized spacial score (nSPS) is 17.2. The summed E-state index contributed by atoms with van der Waals surface area (Å²) in [5, 5.41) is 0. The number of benzene rings is 1. The average molecular weight is 342 g/mol. The van der Waals surface area contributed by atoms with Crippen LogP contribution in [0.15, 0.2) is 41.4 Å². The summed E-state index contributed by atoms with van der Waals surface area (Å²) in [6.45, 7) is 5.16. The smallest absolute Gasteiger partial charge is 0.416 e. The summed E-state index contributed by atoms with van der Waals surface area (Å²) in [5.41, 5.74) is 0.0232. The molecule has 1 aromatic rings. The second-order valence-corrected chi connectivity index (χ2v) is 5.45. The Morgan fingerprint density at radius 2 is 1.75 bits per heavy atom. The SMILES string of the molecule is CO/C(=C1\OC(=O)C(OC(C)C)=C1C)c1ccc(C(F)(F)F)cc1. The molecule has 1 aromatic carbocycles. The third-order valence-corrected chi connectivity index (χ3v) is 3.30. The fourth-order valence-corrected chi connectivity index (χ4v) is 2.21. The zero-order valence-electron chi connectivity index (χ0n) is 13.7. The van der Waals surface area contributed by atoms with E-state index in [1.165, 1.54) is 19.2 Å². The summed E-state index contributed by atoms with van der Waals surface area (Å²) >= 11 is 0. The first kappa shape index (κ1) is 17.9. The predicted octanol–water partition coefficient (Wildman–Crippen LogP) is 4.28. The number of alkyl halides is 3.